The maximum absolute atomic E-state index is 12.1. The number of aliphatic carboxylic acids is 1. The van der Waals surface area contributed by atoms with Gasteiger partial charge in [0.05, 0.1) is 11.9 Å². The van der Waals surface area contributed by atoms with E-state index in [0.717, 1.165) is 16.7 Å². The van der Waals surface area contributed by atoms with Crippen molar-refractivity contribution < 1.29 is 19.4 Å². The summed E-state index contributed by atoms with van der Waals surface area (Å²) in [5.74, 6) is -0.655. The Bertz CT molecular complexity index is 785. The van der Waals surface area contributed by atoms with E-state index in [1.807, 2.05) is 32.9 Å². The molecule has 0 saturated heterocycles. The molecule has 7 heteroatoms. The summed E-state index contributed by atoms with van der Waals surface area (Å²) in [4.78, 5) is 23.3. The Morgan fingerprint density at radius 1 is 1.24 bits per heavy atom. The summed E-state index contributed by atoms with van der Waals surface area (Å²) in [5, 5.41) is 15.9. The molecule has 2 aromatic rings. The van der Waals surface area contributed by atoms with Gasteiger partial charge in [-0.3, -0.25) is 9.48 Å². The first-order valence-corrected chi connectivity index (χ1v) is 7.90. The van der Waals surface area contributed by atoms with Gasteiger partial charge in [-0.2, -0.15) is 5.10 Å². The van der Waals surface area contributed by atoms with Gasteiger partial charge < -0.3 is 15.2 Å². The van der Waals surface area contributed by atoms with E-state index < -0.39 is 11.5 Å². The monoisotopic (exact) mass is 345 g/mol. The van der Waals surface area contributed by atoms with Crippen molar-refractivity contribution >= 4 is 17.6 Å². The highest BCUT2D eigenvalue weighted by Crippen LogP contribution is 2.24. The Morgan fingerprint density at radius 3 is 2.40 bits per heavy atom. The number of carbonyl (C=O) groups is 2. The van der Waals surface area contributed by atoms with Gasteiger partial charge in [-0.15, -0.1) is 0 Å². The average Bonchev–Trinajstić information content (AvgIpc) is 2.95. The molecule has 25 heavy (non-hydrogen) atoms. The third-order valence-electron chi connectivity index (χ3n) is 3.91. The number of carbonyl (C=O) groups excluding carboxylic acids is 1. The number of ether oxygens (including phenoxy) is 1. The number of amides is 1. The second-order valence-corrected chi connectivity index (χ2v) is 6.60. The van der Waals surface area contributed by atoms with Crippen LogP contribution in [0, 0.1) is 20.8 Å². The topological polar surface area (TPSA) is 93.5 Å². The highest BCUT2D eigenvalue weighted by atomic mass is 16.5. The maximum Gasteiger partial charge on any atom is 0.331 e. The van der Waals surface area contributed by atoms with Crippen molar-refractivity contribution in [2.75, 3.05) is 11.9 Å². The number of benzene rings is 1. The number of carboxylic acid groups (broad SMARTS) is 1. The molecule has 0 radical (unpaired) electrons. The van der Waals surface area contributed by atoms with Crippen LogP contribution in [0.15, 0.2) is 24.5 Å². The quantitative estimate of drug-likeness (QED) is 0.839. The van der Waals surface area contributed by atoms with Crippen LogP contribution in [0.4, 0.5) is 5.69 Å². The number of aryl methyl sites for hydroxylation is 3. The van der Waals surface area contributed by atoms with E-state index in [1.54, 1.807) is 0 Å². The highest BCUT2D eigenvalue weighted by Gasteiger charge is 2.30. The largest absolute Gasteiger partial charge is 0.483 e. The van der Waals surface area contributed by atoms with Gasteiger partial charge in [0.1, 0.15) is 5.75 Å². The van der Waals surface area contributed by atoms with Crippen molar-refractivity contribution in [1.29, 1.82) is 0 Å². The zero-order chi connectivity index (χ0) is 18.8. The predicted molar refractivity (Wildman–Crippen MR) is 94.0 cm³/mol. The Labute approximate surface area is 146 Å². The van der Waals surface area contributed by atoms with Crippen molar-refractivity contribution in [3.8, 4) is 5.75 Å². The summed E-state index contributed by atoms with van der Waals surface area (Å²) in [6.07, 6.45) is 2.89. The molecule has 0 aliphatic heterocycles. The average molecular weight is 345 g/mol. The van der Waals surface area contributed by atoms with Gasteiger partial charge in [0.15, 0.2) is 12.1 Å². The fraction of sp³-hybridized carbons (Fsp3) is 0.389. The molecular weight excluding hydrogens is 322 g/mol. The summed E-state index contributed by atoms with van der Waals surface area (Å²) >= 11 is 0. The number of nitrogens with one attached hydrogen (secondary N) is 1. The van der Waals surface area contributed by atoms with Crippen molar-refractivity contribution in [2.45, 2.75) is 40.2 Å². The first kappa shape index (κ1) is 18.5. The van der Waals surface area contributed by atoms with Gasteiger partial charge in [0.2, 0.25) is 0 Å². The first-order valence-electron chi connectivity index (χ1n) is 7.90. The minimum absolute atomic E-state index is 0.141. The lowest BCUT2D eigenvalue weighted by atomic mass is 10.1. The van der Waals surface area contributed by atoms with E-state index in [1.165, 1.54) is 30.9 Å². The number of carboxylic acids is 1. The fourth-order valence-electron chi connectivity index (χ4n) is 2.52. The standard InChI is InChI=1S/C18H23N3O4/c1-11-6-12(2)16(13(3)7-11)25-10-15(22)20-14-8-19-21(9-14)18(4,5)17(23)24/h6-9H,10H2,1-5H3,(H,20,22)(H,23,24). The lowest BCUT2D eigenvalue weighted by Crippen LogP contribution is -2.35. The van der Waals surface area contributed by atoms with Crippen molar-refractivity contribution in [2.24, 2.45) is 0 Å². The molecule has 0 fully saturated rings. The number of aromatic nitrogens is 2. The molecule has 1 aromatic carbocycles. The molecule has 0 bridgehead atoms. The minimum Gasteiger partial charge on any atom is -0.483 e. The van der Waals surface area contributed by atoms with Crippen LogP contribution in [0.2, 0.25) is 0 Å². The van der Waals surface area contributed by atoms with Crippen molar-refractivity contribution in [1.82, 2.24) is 9.78 Å². The molecule has 2 N–H and O–H groups in total. The third kappa shape index (κ3) is 4.17. The fourth-order valence-corrected chi connectivity index (χ4v) is 2.52. The smallest absolute Gasteiger partial charge is 0.331 e. The van der Waals surface area contributed by atoms with Crippen LogP contribution in [0.3, 0.4) is 0 Å². The Morgan fingerprint density at radius 2 is 1.84 bits per heavy atom. The minimum atomic E-state index is -1.20. The van der Waals surface area contributed by atoms with Crippen LogP contribution in [0.1, 0.15) is 30.5 Å². The van der Waals surface area contributed by atoms with Crippen LogP contribution in [-0.4, -0.2) is 33.4 Å². The van der Waals surface area contributed by atoms with Gasteiger partial charge >= 0.3 is 5.97 Å². The lowest BCUT2D eigenvalue weighted by molar-refractivity contribution is -0.146. The van der Waals surface area contributed by atoms with Crippen LogP contribution in [0.25, 0.3) is 0 Å². The molecule has 0 atom stereocenters. The van der Waals surface area contributed by atoms with Crippen LogP contribution >= 0.6 is 0 Å². The van der Waals surface area contributed by atoms with Gasteiger partial charge in [-0.05, 0) is 45.7 Å². The van der Waals surface area contributed by atoms with Gasteiger partial charge in [0.25, 0.3) is 5.91 Å². The summed E-state index contributed by atoms with van der Waals surface area (Å²) in [6, 6.07) is 4.00. The summed E-state index contributed by atoms with van der Waals surface area (Å²) in [6.45, 7) is 8.79. The Hall–Kier alpha value is -2.83. The molecule has 134 valence electrons. The second-order valence-electron chi connectivity index (χ2n) is 6.60. The Balaban J connectivity index is 2.00. The third-order valence-corrected chi connectivity index (χ3v) is 3.91. The SMILES string of the molecule is Cc1cc(C)c(OCC(=O)Nc2cnn(C(C)(C)C(=O)O)c2)c(C)c1. The van der Waals surface area contributed by atoms with Crippen molar-refractivity contribution in [3.05, 3.63) is 41.2 Å². The van der Waals surface area contributed by atoms with E-state index in [2.05, 4.69) is 10.4 Å². The lowest BCUT2D eigenvalue weighted by Gasteiger charge is -2.19. The van der Waals surface area contributed by atoms with Crippen LogP contribution < -0.4 is 10.1 Å². The summed E-state index contributed by atoms with van der Waals surface area (Å²) < 4.78 is 6.93. The number of rotatable bonds is 6. The second kappa shape index (κ2) is 6.96. The molecule has 1 amide bonds. The van der Waals surface area contributed by atoms with E-state index in [-0.39, 0.29) is 12.5 Å². The van der Waals surface area contributed by atoms with Crippen LogP contribution in [0.5, 0.6) is 5.75 Å². The number of anilines is 1. The van der Waals surface area contributed by atoms with Crippen molar-refractivity contribution in [3.63, 3.8) is 0 Å². The molecule has 1 heterocycles. The predicted octanol–water partition coefficient (Wildman–Crippen LogP) is 2.65. The summed E-state index contributed by atoms with van der Waals surface area (Å²) in [5.41, 5.74) is 2.30. The van der Waals surface area contributed by atoms with Gasteiger partial charge in [-0.1, -0.05) is 17.7 Å². The maximum atomic E-state index is 12.1. The molecule has 0 saturated carbocycles. The molecule has 0 unspecified atom stereocenters. The molecule has 0 spiro atoms. The summed E-state index contributed by atoms with van der Waals surface area (Å²) in [7, 11) is 0. The number of hydrogen-bond donors (Lipinski definition) is 2. The van der Waals surface area contributed by atoms with Crippen LogP contribution in [-0.2, 0) is 15.1 Å². The molecule has 0 aliphatic carbocycles. The molecule has 0 aliphatic rings. The molecule has 7 nitrogen and oxygen atoms in total. The highest BCUT2D eigenvalue weighted by molar-refractivity contribution is 5.91. The zero-order valence-electron chi connectivity index (χ0n) is 15.1. The molecule has 1 aromatic heterocycles. The van der Waals surface area contributed by atoms with Gasteiger partial charge in [-0.25, -0.2) is 4.79 Å². The normalized spacial score (nSPS) is 11.2. The van der Waals surface area contributed by atoms with E-state index in [9.17, 15) is 14.7 Å². The number of hydrogen-bond acceptors (Lipinski definition) is 4. The Kier molecular flexibility index (Phi) is 5.15. The van der Waals surface area contributed by atoms with Gasteiger partial charge in [0, 0.05) is 6.20 Å². The zero-order valence-corrected chi connectivity index (χ0v) is 15.1. The molecular formula is C18H23N3O4. The van der Waals surface area contributed by atoms with E-state index in [0.29, 0.717) is 11.4 Å². The first-order chi connectivity index (χ1) is 11.6. The number of nitrogens with zero attached hydrogens (tertiary/aromatic N) is 2. The van der Waals surface area contributed by atoms with E-state index >= 15 is 0 Å². The molecule has 2 rings (SSSR count). The van der Waals surface area contributed by atoms with E-state index in [4.69, 9.17) is 4.74 Å².